The van der Waals surface area contributed by atoms with Crippen LogP contribution in [0.1, 0.15) is 50.1 Å². The largest absolute Gasteiger partial charge is 0.302 e. The highest BCUT2D eigenvalue weighted by molar-refractivity contribution is 7.89. The van der Waals surface area contributed by atoms with Gasteiger partial charge in [-0.3, -0.25) is 4.79 Å². The Morgan fingerprint density at radius 2 is 2.00 bits per heavy atom. The number of rotatable bonds is 5. The second-order valence-corrected chi connectivity index (χ2v) is 10.3. The number of nitrogens with one attached hydrogen (secondary N) is 1. The van der Waals surface area contributed by atoms with Crippen molar-refractivity contribution >= 4 is 32.4 Å². The molecule has 1 atom stereocenters. The van der Waals surface area contributed by atoms with E-state index in [1.807, 2.05) is 0 Å². The Kier molecular flexibility index (Phi) is 5.80. The molecule has 1 N–H and O–H groups in total. The molecular weight excluding hydrogens is 358 g/mol. The van der Waals surface area contributed by atoms with E-state index in [0.29, 0.717) is 31.1 Å². The molecule has 0 saturated carbocycles. The summed E-state index contributed by atoms with van der Waals surface area (Å²) in [6.45, 7) is 4.74. The first-order valence-electron chi connectivity index (χ1n) is 9.20. The first kappa shape index (κ1) is 18.8. The molecule has 1 aliphatic carbocycles. The molecule has 0 bridgehead atoms. The molecule has 1 aliphatic heterocycles. The van der Waals surface area contributed by atoms with Crippen LogP contribution in [-0.4, -0.2) is 42.5 Å². The maximum absolute atomic E-state index is 12.5. The fourth-order valence-electron chi connectivity index (χ4n) is 3.63. The first-order valence-corrected chi connectivity index (χ1v) is 11.6. The van der Waals surface area contributed by atoms with Crippen LogP contribution in [0.2, 0.25) is 0 Å². The van der Waals surface area contributed by atoms with E-state index in [2.05, 4.69) is 17.2 Å². The molecule has 0 spiro atoms. The molecule has 1 amide bonds. The normalized spacial score (nSPS) is 22.6. The van der Waals surface area contributed by atoms with Gasteiger partial charge in [0.05, 0.1) is 11.4 Å². The van der Waals surface area contributed by atoms with Gasteiger partial charge in [-0.1, -0.05) is 13.3 Å². The summed E-state index contributed by atoms with van der Waals surface area (Å²) < 4.78 is 25.3. The lowest BCUT2D eigenvalue weighted by Gasteiger charge is -2.30. The Bertz CT molecular complexity index is 721. The number of anilines is 1. The topological polar surface area (TPSA) is 79.4 Å². The summed E-state index contributed by atoms with van der Waals surface area (Å²) in [7, 11) is -3.15. The summed E-state index contributed by atoms with van der Waals surface area (Å²) in [6, 6.07) is 0. The summed E-state index contributed by atoms with van der Waals surface area (Å²) in [5.74, 6) is 0.702. The predicted molar refractivity (Wildman–Crippen MR) is 100 cm³/mol. The molecule has 1 aromatic heterocycles. The van der Waals surface area contributed by atoms with E-state index in [1.165, 1.54) is 22.0 Å². The van der Waals surface area contributed by atoms with Crippen molar-refractivity contribution in [1.29, 1.82) is 0 Å². The van der Waals surface area contributed by atoms with Gasteiger partial charge in [0.15, 0.2) is 5.13 Å². The zero-order valence-electron chi connectivity index (χ0n) is 15.0. The summed E-state index contributed by atoms with van der Waals surface area (Å²) in [6.07, 6.45) is 5.62. The maximum Gasteiger partial charge on any atom is 0.229 e. The predicted octanol–water partition coefficient (Wildman–Crippen LogP) is 2.66. The standard InChI is InChI=1S/C17H27N3O3S2/c1-3-12-5-6-14-15(11-12)24-17(18-14)19-16(21)13-7-9-20(10-8-13)25(22,23)4-2/h12-13H,3-11H2,1-2H3,(H,18,19,21). The van der Waals surface area contributed by atoms with Gasteiger partial charge in [0.25, 0.3) is 0 Å². The summed E-state index contributed by atoms with van der Waals surface area (Å²) in [5, 5.41) is 3.67. The van der Waals surface area contributed by atoms with E-state index in [4.69, 9.17) is 0 Å². The first-order chi connectivity index (χ1) is 11.9. The minimum absolute atomic E-state index is 0.0216. The number of carbonyl (C=O) groups is 1. The number of piperidine rings is 1. The summed E-state index contributed by atoms with van der Waals surface area (Å²) >= 11 is 1.61. The Labute approximate surface area is 154 Å². The van der Waals surface area contributed by atoms with Crippen molar-refractivity contribution in [1.82, 2.24) is 9.29 Å². The third-order valence-corrected chi connectivity index (χ3v) is 8.35. The molecule has 1 unspecified atom stereocenters. The number of nitrogens with zero attached hydrogens (tertiary/aromatic N) is 2. The Morgan fingerprint density at radius 1 is 1.28 bits per heavy atom. The molecule has 1 fully saturated rings. The molecule has 1 saturated heterocycles. The van der Waals surface area contributed by atoms with Crippen molar-refractivity contribution in [2.24, 2.45) is 11.8 Å². The molecule has 8 heteroatoms. The molecule has 2 heterocycles. The average Bonchev–Trinajstić information content (AvgIpc) is 3.02. The van der Waals surface area contributed by atoms with Gasteiger partial charge < -0.3 is 5.32 Å². The second-order valence-electron chi connectivity index (χ2n) is 6.97. The van der Waals surface area contributed by atoms with Crippen LogP contribution in [0.3, 0.4) is 0 Å². The Hall–Kier alpha value is -0.990. The van der Waals surface area contributed by atoms with Crippen LogP contribution in [0.15, 0.2) is 0 Å². The van der Waals surface area contributed by atoms with Crippen molar-refractivity contribution < 1.29 is 13.2 Å². The fraction of sp³-hybridized carbons (Fsp3) is 0.765. The third-order valence-electron chi connectivity index (χ3n) is 5.43. The van der Waals surface area contributed by atoms with Crippen LogP contribution in [0.25, 0.3) is 0 Å². The maximum atomic E-state index is 12.5. The lowest BCUT2D eigenvalue weighted by atomic mass is 9.89. The third kappa shape index (κ3) is 4.23. The highest BCUT2D eigenvalue weighted by Gasteiger charge is 2.31. The highest BCUT2D eigenvalue weighted by Crippen LogP contribution is 2.34. The summed E-state index contributed by atoms with van der Waals surface area (Å²) in [5.41, 5.74) is 1.15. The molecule has 0 aromatic carbocycles. The number of carbonyl (C=O) groups excluding carboxylic acids is 1. The number of aryl methyl sites for hydroxylation is 1. The van der Waals surface area contributed by atoms with E-state index in [9.17, 15) is 13.2 Å². The number of sulfonamides is 1. The van der Waals surface area contributed by atoms with Gasteiger partial charge in [0, 0.05) is 23.9 Å². The number of fused-ring (bicyclic) bond motifs is 1. The van der Waals surface area contributed by atoms with Gasteiger partial charge >= 0.3 is 0 Å². The Morgan fingerprint density at radius 3 is 2.64 bits per heavy atom. The molecule has 140 valence electrons. The zero-order valence-corrected chi connectivity index (χ0v) is 16.6. The van der Waals surface area contributed by atoms with Crippen LogP contribution >= 0.6 is 11.3 Å². The van der Waals surface area contributed by atoms with E-state index < -0.39 is 10.0 Å². The SMILES string of the molecule is CCC1CCc2nc(NC(=O)C3CCN(S(=O)(=O)CC)CC3)sc2C1. The second kappa shape index (κ2) is 7.72. The smallest absolute Gasteiger partial charge is 0.229 e. The zero-order chi connectivity index (χ0) is 18.0. The van der Waals surface area contributed by atoms with E-state index >= 15 is 0 Å². The number of hydrogen-bond donors (Lipinski definition) is 1. The van der Waals surface area contributed by atoms with Gasteiger partial charge in [0.2, 0.25) is 15.9 Å². The van der Waals surface area contributed by atoms with E-state index in [0.717, 1.165) is 24.5 Å². The van der Waals surface area contributed by atoms with Crippen molar-refractivity contribution in [3.8, 4) is 0 Å². The summed E-state index contributed by atoms with van der Waals surface area (Å²) in [4.78, 5) is 18.4. The molecular formula is C17H27N3O3S2. The van der Waals surface area contributed by atoms with E-state index in [-0.39, 0.29) is 17.6 Å². The minimum Gasteiger partial charge on any atom is -0.302 e. The van der Waals surface area contributed by atoms with E-state index in [1.54, 1.807) is 18.3 Å². The quantitative estimate of drug-likeness (QED) is 0.845. The highest BCUT2D eigenvalue weighted by atomic mass is 32.2. The molecule has 6 nitrogen and oxygen atoms in total. The molecule has 2 aliphatic rings. The van der Waals surface area contributed by atoms with Gasteiger partial charge in [-0.05, 0) is 44.9 Å². The minimum atomic E-state index is -3.15. The lowest BCUT2D eigenvalue weighted by Crippen LogP contribution is -2.42. The van der Waals surface area contributed by atoms with Crippen LogP contribution in [-0.2, 0) is 27.7 Å². The molecule has 1 aromatic rings. The Balaban J connectivity index is 1.56. The van der Waals surface area contributed by atoms with Crippen molar-refractivity contribution in [2.75, 3.05) is 24.2 Å². The number of amides is 1. The molecule has 3 rings (SSSR count). The van der Waals surface area contributed by atoms with Crippen LogP contribution in [0.4, 0.5) is 5.13 Å². The van der Waals surface area contributed by atoms with Crippen molar-refractivity contribution in [2.45, 2.75) is 52.4 Å². The van der Waals surface area contributed by atoms with Gasteiger partial charge in [-0.15, -0.1) is 11.3 Å². The lowest BCUT2D eigenvalue weighted by molar-refractivity contribution is -0.120. The number of aromatic nitrogens is 1. The van der Waals surface area contributed by atoms with Crippen molar-refractivity contribution in [3.05, 3.63) is 10.6 Å². The van der Waals surface area contributed by atoms with Crippen molar-refractivity contribution in [3.63, 3.8) is 0 Å². The number of hydrogen-bond acceptors (Lipinski definition) is 5. The van der Waals surface area contributed by atoms with Gasteiger partial charge in [-0.2, -0.15) is 0 Å². The van der Waals surface area contributed by atoms with Crippen LogP contribution < -0.4 is 5.32 Å². The molecule has 25 heavy (non-hydrogen) atoms. The fourth-order valence-corrected chi connectivity index (χ4v) is 5.89. The van der Waals surface area contributed by atoms with Crippen LogP contribution in [0.5, 0.6) is 0 Å². The van der Waals surface area contributed by atoms with Gasteiger partial charge in [-0.25, -0.2) is 17.7 Å². The average molecular weight is 386 g/mol. The van der Waals surface area contributed by atoms with Crippen LogP contribution in [0, 0.1) is 11.8 Å². The monoisotopic (exact) mass is 385 g/mol. The molecule has 0 radical (unpaired) electrons. The number of thiazole rings is 1. The van der Waals surface area contributed by atoms with Gasteiger partial charge in [0.1, 0.15) is 0 Å².